The first-order valence-electron chi connectivity index (χ1n) is 5.91. The molecule has 1 N–H and O–H groups in total. The summed E-state index contributed by atoms with van der Waals surface area (Å²) < 4.78 is 35.7. The van der Waals surface area contributed by atoms with E-state index in [1.54, 1.807) is 11.9 Å². The highest BCUT2D eigenvalue weighted by Gasteiger charge is 2.26. The van der Waals surface area contributed by atoms with Gasteiger partial charge in [0.25, 0.3) is 0 Å². The summed E-state index contributed by atoms with van der Waals surface area (Å²) in [6.45, 7) is 4.90. The molecule has 98 valence electrons. The van der Waals surface area contributed by atoms with Crippen LogP contribution < -0.4 is 5.32 Å². The van der Waals surface area contributed by atoms with Crippen LogP contribution >= 0.6 is 0 Å². The molecule has 0 aliphatic carbocycles. The van der Waals surface area contributed by atoms with Crippen molar-refractivity contribution in [1.29, 1.82) is 0 Å². The highest BCUT2D eigenvalue weighted by molar-refractivity contribution is 4.57. The normalized spacial score (nSPS) is 12.4. The minimum absolute atomic E-state index is 0.108. The summed E-state index contributed by atoms with van der Waals surface area (Å²) in [5.74, 6) is 0. The zero-order chi connectivity index (χ0) is 12.4. The van der Waals surface area contributed by atoms with Crippen LogP contribution in [0.4, 0.5) is 13.2 Å². The molecule has 0 amide bonds. The second-order valence-corrected chi connectivity index (χ2v) is 4.08. The van der Waals surface area contributed by atoms with Crippen molar-refractivity contribution in [3.05, 3.63) is 0 Å². The first kappa shape index (κ1) is 15.7. The van der Waals surface area contributed by atoms with Crippen LogP contribution in [0, 0.1) is 0 Å². The third-order valence-electron chi connectivity index (χ3n) is 2.42. The molecule has 0 radical (unpaired) electrons. The second kappa shape index (κ2) is 8.82. The molecule has 0 heterocycles. The van der Waals surface area contributed by atoms with Crippen molar-refractivity contribution < 1.29 is 13.2 Å². The molecule has 2 nitrogen and oxygen atoms in total. The Balaban J connectivity index is 3.27. The molecule has 0 atom stereocenters. The lowest BCUT2D eigenvalue weighted by atomic mass is 10.2. The molecule has 0 saturated carbocycles. The highest BCUT2D eigenvalue weighted by Crippen LogP contribution is 2.19. The summed E-state index contributed by atoms with van der Waals surface area (Å²) in [7, 11) is 1.75. The second-order valence-electron chi connectivity index (χ2n) is 4.08. The molecule has 0 rings (SSSR count). The summed E-state index contributed by atoms with van der Waals surface area (Å²) in [6.07, 6.45) is -1.59. The van der Waals surface area contributed by atoms with Gasteiger partial charge in [-0.05, 0) is 39.5 Å². The standard InChI is InChI=1S/C11H23F3N2/c1-3-15-8-5-4-6-9-16(2)10-7-11(12,13)14/h15H,3-10H2,1-2H3. The number of alkyl halides is 3. The molecule has 0 aromatic rings. The van der Waals surface area contributed by atoms with E-state index in [-0.39, 0.29) is 6.54 Å². The molecule has 0 spiro atoms. The number of unbranched alkanes of at least 4 members (excludes halogenated alkanes) is 2. The van der Waals surface area contributed by atoms with Crippen LogP contribution in [0.25, 0.3) is 0 Å². The SMILES string of the molecule is CCNCCCCCN(C)CCC(F)(F)F. The summed E-state index contributed by atoms with van der Waals surface area (Å²) in [5, 5.41) is 3.22. The smallest absolute Gasteiger partial charge is 0.317 e. The molecule has 0 aromatic heterocycles. The third-order valence-corrected chi connectivity index (χ3v) is 2.42. The van der Waals surface area contributed by atoms with Gasteiger partial charge in [-0.3, -0.25) is 0 Å². The van der Waals surface area contributed by atoms with Crippen LogP contribution in [0.1, 0.15) is 32.6 Å². The Morgan fingerprint density at radius 3 is 2.31 bits per heavy atom. The first-order valence-corrected chi connectivity index (χ1v) is 5.91. The van der Waals surface area contributed by atoms with Crippen LogP contribution in [0.5, 0.6) is 0 Å². The van der Waals surface area contributed by atoms with Crippen molar-refractivity contribution in [2.45, 2.75) is 38.8 Å². The fraction of sp³-hybridized carbons (Fsp3) is 1.00. The van der Waals surface area contributed by atoms with E-state index >= 15 is 0 Å². The number of hydrogen-bond donors (Lipinski definition) is 1. The zero-order valence-corrected chi connectivity index (χ0v) is 10.2. The summed E-state index contributed by atoms with van der Waals surface area (Å²) >= 11 is 0. The maximum atomic E-state index is 11.9. The Morgan fingerprint density at radius 2 is 1.75 bits per heavy atom. The molecule has 0 fully saturated rings. The van der Waals surface area contributed by atoms with Gasteiger partial charge in [-0.25, -0.2) is 0 Å². The van der Waals surface area contributed by atoms with E-state index in [2.05, 4.69) is 12.2 Å². The maximum absolute atomic E-state index is 11.9. The summed E-state index contributed by atoms with van der Waals surface area (Å²) in [4.78, 5) is 1.75. The first-order chi connectivity index (χ1) is 7.45. The van der Waals surface area contributed by atoms with E-state index < -0.39 is 12.6 Å². The topological polar surface area (TPSA) is 15.3 Å². The van der Waals surface area contributed by atoms with E-state index in [0.717, 1.165) is 38.9 Å². The van der Waals surface area contributed by atoms with Gasteiger partial charge in [0.15, 0.2) is 0 Å². The van der Waals surface area contributed by atoms with E-state index in [0.29, 0.717) is 0 Å². The Morgan fingerprint density at radius 1 is 1.06 bits per heavy atom. The Kier molecular flexibility index (Phi) is 8.66. The van der Waals surface area contributed by atoms with Crippen molar-refractivity contribution in [3.8, 4) is 0 Å². The average molecular weight is 240 g/mol. The lowest BCUT2D eigenvalue weighted by Gasteiger charge is -2.17. The van der Waals surface area contributed by atoms with Gasteiger partial charge in [0.05, 0.1) is 6.42 Å². The molecule has 0 unspecified atom stereocenters. The van der Waals surface area contributed by atoms with Crippen molar-refractivity contribution in [3.63, 3.8) is 0 Å². The van der Waals surface area contributed by atoms with Gasteiger partial charge < -0.3 is 10.2 Å². The predicted molar refractivity (Wildman–Crippen MR) is 60.6 cm³/mol. The molecular formula is C11H23F3N2. The average Bonchev–Trinajstić information content (AvgIpc) is 2.19. The molecule has 0 saturated heterocycles. The number of rotatable bonds is 9. The summed E-state index contributed by atoms with van der Waals surface area (Å²) in [5.41, 5.74) is 0. The van der Waals surface area contributed by atoms with Crippen molar-refractivity contribution in [1.82, 2.24) is 10.2 Å². The molecule has 16 heavy (non-hydrogen) atoms. The van der Waals surface area contributed by atoms with E-state index in [1.807, 2.05) is 0 Å². The molecule has 0 aliphatic heterocycles. The Bertz CT molecular complexity index is 160. The van der Waals surface area contributed by atoms with Crippen LogP contribution in [0.3, 0.4) is 0 Å². The molecule has 0 aromatic carbocycles. The van der Waals surface area contributed by atoms with Crippen molar-refractivity contribution in [2.24, 2.45) is 0 Å². The lowest BCUT2D eigenvalue weighted by Crippen LogP contribution is -2.25. The van der Waals surface area contributed by atoms with Gasteiger partial charge in [0.1, 0.15) is 0 Å². The largest absolute Gasteiger partial charge is 0.390 e. The van der Waals surface area contributed by atoms with Gasteiger partial charge in [-0.2, -0.15) is 13.2 Å². The summed E-state index contributed by atoms with van der Waals surface area (Å²) in [6, 6.07) is 0. The van der Waals surface area contributed by atoms with E-state index in [1.165, 1.54) is 0 Å². The molecule has 0 bridgehead atoms. The molecule has 5 heteroatoms. The van der Waals surface area contributed by atoms with Crippen LogP contribution in [-0.4, -0.2) is 44.3 Å². The molecule has 0 aliphatic rings. The van der Waals surface area contributed by atoms with Crippen LogP contribution in [0.15, 0.2) is 0 Å². The van der Waals surface area contributed by atoms with E-state index in [9.17, 15) is 13.2 Å². The maximum Gasteiger partial charge on any atom is 0.390 e. The quantitative estimate of drug-likeness (QED) is 0.623. The molecular weight excluding hydrogens is 217 g/mol. The minimum atomic E-state index is -4.03. The lowest BCUT2D eigenvalue weighted by molar-refractivity contribution is -0.137. The van der Waals surface area contributed by atoms with Gasteiger partial charge in [0.2, 0.25) is 0 Å². The predicted octanol–water partition coefficient (Wildman–Crippen LogP) is 2.65. The number of nitrogens with one attached hydrogen (secondary N) is 1. The number of nitrogens with zero attached hydrogens (tertiary/aromatic N) is 1. The van der Waals surface area contributed by atoms with Crippen molar-refractivity contribution >= 4 is 0 Å². The van der Waals surface area contributed by atoms with Crippen molar-refractivity contribution in [2.75, 3.05) is 33.2 Å². The number of halogens is 3. The van der Waals surface area contributed by atoms with Gasteiger partial charge in [-0.1, -0.05) is 13.3 Å². The van der Waals surface area contributed by atoms with Gasteiger partial charge in [-0.15, -0.1) is 0 Å². The van der Waals surface area contributed by atoms with Crippen LogP contribution in [0.2, 0.25) is 0 Å². The fourth-order valence-electron chi connectivity index (χ4n) is 1.41. The third kappa shape index (κ3) is 11.8. The number of hydrogen-bond acceptors (Lipinski definition) is 2. The van der Waals surface area contributed by atoms with Gasteiger partial charge in [0, 0.05) is 6.54 Å². The zero-order valence-electron chi connectivity index (χ0n) is 10.2. The fourth-order valence-corrected chi connectivity index (χ4v) is 1.41. The minimum Gasteiger partial charge on any atom is -0.317 e. The highest BCUT2D eigenvalue weighted by atomic mass is 19.4. The Hall–Kier alpha value is -0.290. The van der Waals surface area contributed by atoms with Crippen LogP contribution in [-0.2, 0) is 0 Å². The van der Waals surface area contributed by atoms with Gasteiger partial charge >= 0.3 is 6.18 Å². The Labute approximate surface area is 96.2 Å². The monoisotopic (exact) mass is 240 g/mol. The van der Waals surface area contributed by atoms with E-state index in [4.69, 9.17) is 0 Å².